The fourth-order valence-corrected chi connectivity index (χ4v) is 2.41. The lowest BCUT2D eigenvalue weighted by Crippen LogP contribution is -2.19. The Morgan fingerprint density at radius 2 is 1.84 bits per heavy atom. The summed E-state index contributed by atoms with van der Waals surface area (Å²) in [4.78, 5) is 0. The van der Waals surface area contributed by atoms with Crippen molar-refractivity contribution < 1.29 is 4.39 Å². The van der Waals surface area contributed by atoms with E-state index in [1.807, 2.05) is 32.2 Å². The molecule has 0 saturated heterocycles. The topological polar surface area (TPSA) is 12.0 Å². The maximum absolute atomic E-state index is 13.5. The van der Waals surface area contributed by atoms with Gasteiger partial charge in [-0.2, -0.15) is 0 Å². The molecule has 1 atom stereocenters. The van der Waals surface area contributed by atoms with E-state index in [0.29, 0.717) is 0 Å². The Morgan fingerprint density at radius 3 is 2.47 bits per heavy atom. The van der Waals surface area contributed by atoms with Crippen molar-refractivity contribution in [1.29, 1.82) is 0 Å². The minimum Gasteiger partial charge on any atom is -0.313 e. The molecule has 0 spiro atoms. The summed E-state index contributed by atoms with van der Waals surface area (Å²) in [6.07, 6.45) is 0.867. The Balaban J connectivity index is 2.28. The zero-order chi connectivity index (χ0) is 13.8. The van der Waals surface area contributed by atoms with Gasteiger partial charge in [-0.3, -0.25) is 0 Å². The highest BCUT2D eigenvalue weighted by Crippen LogP contribution is 2.22. The molecule has 0 amide bonds. The lowest BCUT2D eigenvalue weighted by Gasteiger charge is -2.18. The zero-order valence-electron chi connectivity index (χ0n) is 11.7. The van der Waals surface area contributed by atoms with Crippen molar-refractivity contribution in [2.24, 2.45) is 0 Å². The molecule has 0 saturated carbocycles. The van der Waals surface area contributed by atoms with Crippen LogP contribution >= 0.6 is 0 Å². The number of hydrogen-bond donors (Lipinski definition) is 1. The van der Waals surface area contributed by atoms with Crippen molar-refractivity contribution >= 4 is 0 Å². The van der Waals surface area contributed by atoms with Gasteiger partial charge in [0.25, 0.3) is 0 Å². The van der Waals surface area contributed by atoms with E-state index >= 15 is 0 Å². The van der Waals surface area contributed by atoms with Crippen molar-refractivity contribution in [1.82, 2.24) is 5.32 Å². The highest BCUT2D eigenvalue weighted by atomic mass is 19.1. The first-order valence-electron chi connectivity index (χ1n) is 6.59. The van der Waals surface area contributed by atoms with Crippen LogP contribution in [0.15, 0.2) is 42.5 Å². The Bertz CT molecular complexity index is 543. The molecule has 100 valence electrons. The van der Waals surface area contributed by atoms with Crippen LogP contribution in [0, 0.1) is 19.7 Å². The highest BCUT2D eigenvalue weighted by molar-refractivity contribution is 5.31. The quantitative estimate of drug-likeness (QED) is 0.874. The van der Waals surface area contributed by atoms with Gasteiger partial charge in [0.05, 0.1) is 0 Å². The zero-order valence-corrected chi connectivity index (χ0v) is 11.7. The summed E-state index contributed by atoms with van der Waals surface area (Å²) >= 11 is 0. The molecule has 1 nitrogen and oxygen atoms in total. The molecule has 2 heteroatoms. The standard InChI is InChI=1S/C17H20FN/c1-12-8-15(10-16(18)9-12)17(19-3)11-14-7-5-4-6-13(14)2/h4-10,17,19H,11H2,1-3H3. The van der Waals surface area contributed by atoms with Crippen LogP contribution in [0.4, 0.5) is 4.39 Å². The first kappa shape index (κ1) is 13.8. The second-order valence-electron chi connectivity index (χ2n) is 5.03. The number of hydrogen-bond acceptors (Lipinski definition) is 1. The van der Waals surface area contributed by atoms with Gasteiger partial charge in [0, 0.05) is 6.04 Å². The minimum atomic E-state index is -0.167. The van der Waals surface area contributed by atoms with E-state index in [0.717, 1.165) is 17.5 Å². The van der Waals surface area contributed by atoms with Gasteiger partial charge in [-0.15, -0.1) is 0 Å². The largest absolute Gasteiger partial charge is 0.313 e. The molecule has 19 heavy (non-hydrogen) atoms. The Hall–Kier alpha value is -1.67. The first-order chi connectivity index (χ1) is 9.10. The van der Waals surface area contributed by atoms with Crippen LogP contribution < -0.4 is 5.32 Å². The fourth-order valence-electron chi connectivity index (χ4n) is 2.41. The van der Waals surface area contributed by atoms with Crippen molar-refractivity contribution in [2.45, 2.75) is 26.3 Å². The molecule has 0 bridgehead atoms. The number of halogens is 1. The Morgan fingerprint density at radius 1 is 1.11 bits per heavy atom. The molecule has 0 aromatic heterocycles. The Labute approximate surface area is 114 Å². The second kappa shape index (κ2) is 5.98. The third-order valence-electron chi connectivity index (χ3n) is 3.50. The number of rotatable bonds is 4. The molecule has 0 radical (unpaired) electrons. The normalized spacial score (nSPS) is 12.4. The number of aryl methyl sites for hydroxylation is 2. The number of benzene rings is 2. The summed E-state index contributed by atoms with van der Waals surface area (Å²) in [5.41, 5.74) is 4.53. The van der Waals surface area contributed by atoms with Crippen LogP contribution in [0.5, 0.6) is 0 Å². The van der Waals surface area contributed by atoms with E-state index in [-0.39, 0.29) is 11.9 Å². The van der Waals surface area contributed by atoms with Gasteiger partial charge in [-0.05, 0) is 61.7 Å². The molecule has 1 unspecified atom stereocenters. The molecule has 0 aliphatic heterocycles. The van der Waals surface area contributed by atoms with Crippen LogP contribution in [0.2, 0.25) is 0 Å². The van der Waals surface area contributed by atoms with Crippen molar-refractivity contribution in [3.63, 3.8) is 0 Å². The van der Waals surface area contributed by atoms with E-state index < -0.39 is 0 Å². The minimum absolute atomic E-state index is 0.135. The van der Waals surface area contributed by atoms with Crippen LogP contribution in [0.1, 0.15) is 28.3 Å². The summed E-state index contributed by atoms with van der Waals surface area (Å²) < 4.78 is 13.5. The molecule has 0 fully saturated rings. The molecule has 0 aliphatic rings. The maximum atomic E-state index is 13.5. The van der Waals surface area contributed by atoms with Crippen LogP contribution in [-0.4, -0.2) is 7.05 Å². The third-order valence-corrected chi connectivity index (χ3v) is 3.50. The van der Waals surface area contributed by atoms with Gasteiger partial charge in [0.2, 0.25) is 0 Å². The molecule has 1 N–H and O–H groups in total. The molecular formula is C17H20FN. The van der Waals surface area contributed by atoms with E-state index in [9.17, 15) is 4.39 Å². The monoisotopic (exact) mass is 257 g/mol. The molecule has 0 heterocycles. The molecule has 2 aromatic carbocycles. The average molecular weight is 257 g/mol. The SMILES string of the molecule is CNC(Cc1ccccc1C)c1cc(C)cc(F)c1. The Kier molecular flexibility index (Phi) is 4.33. The van der Waals surface area contributed by atoms with Gasteiger partial charge >= 0.3 is 0 Å². The van der Waals surface area contributed by atoms with Gasteiger partial charge in [-0.1, -0.05) is 30.3 Å². The third kappa shape index (κ3) is 3.42. The summed E-state index contributed by atoms with van der Waals surface area (Å²) in [6.45, 7) is 4.03. The summed E-state index contributed by atoms with van der Waals surface area (Å²) in [5, 5.41) is 3.28. The molecule has 2 aromatic rings. The molecular weight excluding hydrogens is 237 g/mol. The van der Waals surface area contributed by atoms with Gasteiger partial charge in [0.15, 0.2) is 0 Å². The lowest BCUT2D eigenvalue weighted by molar-refractivity contribution is 0.575. The smallest absolute Gasteiger partial charge is 0.123 e. The van der Waals surface area contributed by atoms with Crippen LogP contribution in [-0.2, 0) is 6.42 Å². The first-order valence-corrected chi connectivity index (χ1v) is 6.59. The van der Waals surface area contributed by atoms with Crippen molar-refractivity contribution in [3.8, 4) is 0 Å². The van der Waals surface area contributed by atoms with Crippen molar-refractivity contribution in [2.75, 3.05) is 7.05 Å². The van der Waals surface area contributed by atoms with Gasteiger partial charge in [0.1, 0.15) is 5.82 Å². The van der Waals surface area contributed by atoms with E-state index in [1.54, 1.807) is 12.1 Å². The second-order valence-corrected chi connectivity index (χ2v) is 5.03. The summed E-state index contributed by atoms with van der Waals surface area (Å²) in [7, 11) is 1.92. The van der Waals surface area contributed by atoms with E-state index in [4.69, 9.17) is 0 Å². The van der Waals surface area contributed by atoms with Gasteiger partial charge < -0.3 is 5.32 Å². The highest BCUT2D eigenvalue weighted by Gasteiger charge is 2.12. The molecule has 2 rings (SSSR count). The van der Waals surface area contributed by atoms with E-state index in [2.05, 4.69) is 24.4 Å². The van der Waals surface area contributed by atoms with Crippen LogP contribution in [0.3, 0.4) is 0 Å². The van der Waals surface area contributed by atoms with Gasteiger partial charge in [-0.25, -0.2) is 4.39 Å². The van der Waals surface area contributed by atoms with Crippen LogP contribution in [0.25, 0.3) is 0 Å². The lowest BCUT2D eigenvalue weighted by atomic mass is 9.95. The molecule has 0 aliphatic carbocycles. The summed E-state index contributed by atoms with van der Waals surface area (Å²) in [5.74, 6) is -0.167. The van der Waals surface area contributed by atoms with E-state index in [1.165, 1.54) is 11.1 Å². The summed E-state index contributed by atoms with van der Waals surface area (Å²) in [6, 6.07) is 13.7. The predicted octanol–water partition coefficient (Wildman–Crippen LogP) is 3.95. The number of nitrogens with one attached hydrogen (secondary N) is 1. The fraction of sp³-hybridized carbons (Fsp3) is 0.294. The van der Waals surface area contributed by atoms with Crippen molar-refractivity contribution in [3.05, 3.63) is 70.5 Å². The predicted molar refractivity (Wildman–Crippen MR) is 77.8 cm³/mol. The maximum Gasteiger partial charge on any atom is 0.123 e. The average Bonchev–Trinajstić information content (AvgIpc) is 2.36. The number of likely N-dealkylation sites (N-methyl/N-ethyl adjacent to an activating group) is 1.